The molecule has 0 bridgehead atoms. The van der Waals surface area contributed by atoms with Crippen molar-refractivity contribution in [1.29, 1.82) is 0 Å². The first kappa shape index (κ1) is 13.7. The van der Waals surface area contributed by atoms with Crippen molar-refractivity contribution in [2.45, 2.75) is 0 Å². The van der Waals surface area contributed by atoms with Gasteiger partial charge in [-0.1, -0.05) is 18.2 Å². The third-order valence-corrected chi connectivity index (χ3v) is 3.21. The molecule has 0 saturated heterocycles. The number of phenols is 2. The molecule has 6 heteroatoms. The van der Waals surface area contributed by atoms with Gasteiger partial charge in [0.1, 0.15) is 11.5 Å². The second kappa shape index (κ2) is 5.61. The predicted octanol–water partition coefficient (Wildman–Crippen LogP) is 2.34. The molecule has 0 fully saturated rings. The maximum atomic E-state index is 12.1. The van der Waals surface area contributed by atoms with Crippen LogP contribution < -0.4 is 5.43 Å². The normalized spacial score (nSPS) is 11.1. The maximum Gasteiger partial charge on any atom is 0.273 e. The van der Waals surface area contributed by atoms with Crippen molar-refractivity contribution in [3.05, 3.63) is 59.8 Å². The molecule has 1 aromatic heterocycles. The summed E-state index contributed by atoms with van der Waals surface area (Å²) in [7, 11) is 0. The van der Waals surface area contributed by atoms with Gasteiger partial charge in [-0.25, -0.2) is 5.43 Å². The van der Waals surface area contributed by atoms with E-state index in [4.69, 9.17) is 0 Å². The zero-order chi connectivity index (χ0) is 15.5. The molecule has 0 atom stereocenters. The molecule has 0 spiro atoms. The molecule has 0 aliphatic rings. The van der Waals surface area contributed by atoms with Crippen LogP contribution in [0, 0.1) is 0 Å². The monoisotopic (exact) mass is 295 g/mol. The summed E-state index contributed by atoms with van der Waals surface area (Å²) in [6.07, 6.45) is 2.88. The minimum absolute atomic E-state index is 0.00204. The van der Waals surface area contributed by atoms with E-state index in [9.17, 15) is 15.0 Å². The van der Waals surface area contributed by atoms with Crippen LogP contribution in [-0.2, 0) is 0 Å². The van der Waals surface area contributed by atoms with Gasteiger partial charge in [-0.05, 0) is 24.3 Å². The Kier molecular flexibility index (Phi) is 3.49. The molecule has 6 nitrogen and oxygen atoms in total. The molecule has 1 amide bonds. The molecule has 22 heavy (non-hydrogen) atoms. The van der Waals surface area contributed by atoms with Crippen LogP contribution in [0.1, 0.15) is 15.9 Å². The van der Waals surface area contributed by atoms with E-state index in [1.165, 1.54) is 24.4 Å². The van der Waals surface area contributed by atoms with Crippen molar-refractivity contribution in [2.75, 3.05) is 0 Å². The Morgan fingerprint density at radius 2 is 2.00 bits per heavy atom. The highest BCUT2D eigenvalue weighted by molar-refractivity contribution is 6.06. The van der Waals surface area contributed by atoms with Gasteiger partial charge in [-0.2, -0.15) is 5.10 Å². The van der Waals surface area contributed by atoms with Crippen molar-refractivity contribution in [3.8, 4) is 11.5 Å². The van der Waals surface area contributed by atoms with Crippen molar-refractivity contribution >= 4 is 23.0 Å². The fraction of sp³-hybridized carbons (Fsp3) is 0. The first-order chi connectivity index (χ1) is 10.6. The third-order valence-electron chi connectivity index (χ3n) is 3.21. The van der Waals surface area contributed by atoms with Gasteiger partial charge in [0.25, 0.3) is 5.91 Å². The quantitative estimate of drug-likeness (QED) is 0.339. The number of fused-ring (bicyclic) bond motifs is 1. The number of hydrazone groups is 1. The average Bonchev–Trinajstić information content (AvgIpc) is 2.94. The number of phenolic OH excluding ortho intramolecular Hbond substituents is 2. The molecule has 0 radical (unpaired) electrons. The lowest BCUT2D eigenvalue weighted by Crippen LogP contribution is -2.17. The molecule has 0 aliphatic carbocycles. The van der Waals surface area contributed by atoms with Gasteiger partial charge in [0.2, 0.25) is 0 Å². The number of aromatic nitrogens is 1. The lowest BCUT2D eigenvalue weighted by molar-refractivity contribution is 0.0957. The Labute approximate surface area is 125 Å². The Morgan fingerprint density at radius 1 is 1.18 bits per heavy atom. The van der Waals surface area contributed by atoms with E-state index in [-0.39, 0.29) is 17.4 Å². The zero-order valence-corrected chi connectivity index (χ0v) is 11.4. The number of para-hydroxylation sites is 1. The average molecular weight is 295 g/mol. The van der Waals surface area contributed by atoms with E-state index in [2.05, 4.69) is 15.5 Å². The number of hydrogen-bond acceptors (Lipinski definition) is 4. The van der Waals surface area contributed by atoms with Gasteiger partial charge < -0.3 is 15.2 Å². The summed E-state index contributed by atoms with van der Waals surface area (Å²) < 4.78 is 0. The Bertz CT molecular complexity index is 868. The molecular formula is C16H13N3O3. The lowest BCUT2D eigenvalue weighted by Gasteiger charge is -2.00. The minimum Gasteiger partial charge on any atom is -0.508 e. The van der Waals surface area contributed by atoms with Crippen LogP contribution in [0.5, 0.6) is 11.5 Å². The number of rotatable bonds is 3. The number of benzene rings is 2. The predicted molar refractivity (Wildman–Crippen MR) is 83.1 cm³/mol. The van der Waals surface area contributed by atoms with Crippen molar-refractivity contribution in [1.82, 2.24) is 10.4 Å². The molecule has 110 valence electrons. The van der Waals surface area contributed by atoms with Gasteiger partial charge in [-0.15, -0.1) is 0 Å². The van der Waals surface area contributed by atoms with Crippen molar-refractivity contribution < 1.29 is 15.0 Å². The highest BCUT2D eigenvalue weighted by Crippen LogP contribution is 2.20. The highest BCUT2D eigenvalue weighted by atomic mass is 16.3. The smallest absolute Gasteiger partial charge is 0.273 e. The van der Waals surface area contributed by atoms with Gasteiger partial charge in [0.15, 0.2) is 0 Å². The molecule has 0 aliphatic heterocycles. The SMILES string of the molecule is O=C(NN=Cc1cc(O)ccc1O)c1c[nH]c2ccccc12. The molecule has 0 saturated carbocycles. The summed E-state index contributed by atoms with van der Waals surface area (Å²) in [5.74, 6) is -0.404. The second-order valence-corrected chi connectivity index (χ2v) is 4.69. The first-order valence-corrected chi connectivity index (χ1v) is 6.56. The fourth-order valence-electron chi connectivity index (χ4n) is 2.13. The summed E-state index contributed by atoms with van der Waals surface area (Å²) in [6.45, 7) is 0. The Balaban J connectivity index is 1.77. The standard InChI is InChI=1S/C16H13N3O3/c20-11-5-6-15(21)10(7-11)8-18-19-16(22)13-9-17-14-4-2-1-3-12(13)14/h1-9,17,20-21H,(H,19,22). The lowest BCUT2D eigenvalue weighted by atomic mass is 10.2. The van der Waals surface area contributed by atoms with Crippen LogP contribution in [0.4, 0.5) is 0 Å². The second-order valence-electron chi connectivity index (χ2n) is 4.69. The molecule has 2 aromatic carbocycles. The van der Waals surface area contributed by atoms with Crippen LogP contribution in [0.2, 0.25) is 0 Å². The topological polar surface area (TPSA) is 97.7 Å². The van der Waals surface area contributed by atoms with Gasteiger partial charge in [0, 0.05) is 22.7 Å². The van der Waals surface area contributed by atoms with Crippen LogP contribution >= 0.6 is 0 Å². The summed E-state index contributed by atoms with van der Waals surface area (Å²) in [5.41, 5.74) is 4.04. The van der Waals surface area contributed by atoms with E-state index >= 15 is 0 Å². The number of nitrogens with one attached hydrogen (secondary N) is 2. The van der Waals surface area contributed by atoms with Crippen molar-refractivity contribution in [2.24, 2.45) is 5.10 Å². The van der Waals surface area contributed by atoms with E-state index in [0.717, 1.165) is 10.9 Å². The number of aromatic hydroxyl groups is 2. The van der Waals surface area contributed by atoms with Crippen LogP contribution in [-0.4, -0.2) is 27.3 Å². The summed E-state index contributed by atoms with van der Waals surface area (Å²) in [5, 5.41) is 23.6. The molecule has 3 rings (SSSR count). The molecule has 3 aromatic rings. The number of amides is 1. The molecule has 4 N–H and O–H groups in total. The van der Waals surface area contributed by atoms with E-state index < -0.39 is 0 Å². The van der Waals surface area contributed by atoms with Crippen LogP contribution in [0.25, 0.3) is 10.9 Å². The van der Waals surface area contributed by atoms with Crippen LogP contribution in [0.15, 0.2) is 53.8 Å². The molecule has 1 heterocycles. The molecular weight excluding hydrogens is 282 g/mol. The van der Waals surface area contributed by atoms with Gasteiger partial charge in [0.05, 0.1) is 11.8 Å². The largest absolute Gasteiger partial charge is 0.508 e. The summed E-state index contributed by atoms with van der Waals surface area (Å²) in [6, 6.07) is 11.5. The first-order valence-electron chi connectivity index (χ1n) is 6.56. The number of H-pyrrole nitrogens is 1. The van der Waals surface area contributed by atoms with Gasteiger partial charge >= 0.3 is 0 Å². The Hall–Kier alpha value is -3.28. The number of carbonyl (C=O) groups is 1. The fourth-order valence-corrected chi connectivity index (χ4v) is 2.13. The minimum atomic E-state index is -0.367. The zero-order valence-electron chi connectivity index (χ0n) is 11.4. The van der Waals surface area contributed by atoms with E-state index in [1.54, 1.807) is 6.20 Å². The summed E-state index contributed by atoms with van der Waals surface area (Å²) in [4.78, 5) is 15.1. The maximum absolute atomic E-state index is 12.1. The van der Waals surface area contributed by atoms with Crippen molar-refractivity contribution in [3.63, 3.8) is 0 Å². The number of nitrogens with zero attached hydrogens (tertiary/aromatic N) is 1. The summed E-state index contributed by atoms with van der Waals surface area (Å²) >= 11 is 0. The van der Waals surface area contributed by atoms with Gasteiger partial charge in [-0.3, -0.25) is 4.79 Å². The number of hydrogen-bond donors (Lipinski definition) is 4. The Morgan fingerprint density at radius 3 is 2.86 bits per heavy atom. The highest BCUT2D eigenvalue weighted by Gasteiger charge is 2.10. The molecule has 0 unspecified atom stereocenters. The number of aromatic amines is 1. The third kappa shape index (κ3) is 2.62. The van der Waals surface area contributed by atoms with Crippen LogP contribution in [0.3, 0.4) is 0 Å². The number of carbonyl (C=O) groups excluding carboxylic acids is 1. The van der Waals surface area contributed by atoms with E-state index in [1.807, 2.05) is 24.3 Å². The van der Waals surface area contributed by atoms with E-state index in [0.29, 0.717) is 11.1 Å².